The zero-order chi connectivity index (χ0) is 21.3. The molecule has 0 aromatic rings. The quantitative estimate of drug-likeness (QED) is 0.149. The SMILES string of the molecule is CCCCC/C=C\C[C@@H](CCCCCC)OC(=O)C[N+](C)(C)CCOC(C)=O. The van der Waals surface area contributed by atoms with Crippen molar-refractivity contribution in [3.63, 3.8) is 0 Å². The number of unbranched alkanes of at least 4 members (excludes halogenated alkanes) is 6. The van der Waals surface area contributed by atoms with Crippen molar-refractivity contribution in [2.24, 2.45) is 0 Å². The molecule has 0 N–H and O–H groups in total. The van der Waals surface area contributed by atoms with Crippen LogP contribution in [0.1, 0.15) is 85.0 Å². The largest absolute Gasteiger partial charge is 0.460 e. The maximum absolute atomic E-state index is 12.5. The van der Waals surface area contributed by atoms with Crippen molar-refractivity contribution in [3.8, 4) is 0 Å². The third-order valence-electron chi connectivity index (χ3n) is 4.78. The predicted octanol–water partition coefficient (Wildman–Crippen LogP) is 5.03. The minimum absolute atomic E-state index is 0.0414. The summed E-state index contributed by atoms with van der Waals surface area (Å²) in [6, 6.07) is 0. The summed E-state index contributed by atoms with van der Waals surface area (Å²) in [6.45, 7) is 7.00. The van der Waals surface area contributed by atoms with Gasteiger partial charge in [-0.2, -0.15) is 0 Å². The molecule has 0 rings (SSSR count). The summed E-state index contributed by atoms with van der Waals surface area (Å²) >= 11 is 0. The Hall–Kier alpha value is -1.36. The van der Waals surface area contributed by atoms with Gasteiger partial charge >= 0.3 is 11.9 Å². The van der Waals surface area contributed by atoms with Crippen LogP contribution in [0.4, 0.5) is 0 Å². The number of likely N-dealkylation sites (N-methyl/N-ethyl adjacent to an activating group) is 1. The van der Waals surface area contributed by atoms with Crippen molar-refractivity contribution in [2.45, 2.75) is 91.1 Å². The zero-order valence-corrected chi connectivity index (χ0v) is 19.0. The van der Waals surface area contributed by atoms with Gasteiger partial charge in [0.1, 0.15) is 19.3 Å². The monoisotopic (exact) mass is 398 g/mol. The molecule has 0 aliphatic heterocycles. The van der Waals surface area contributed by atoms with Gasteiger partial charge in [-0.25, -0.2) is 4.79 Å². The summed E-state index contributed by atoms with van der Waals surface area (Å²) in [5.41, 5.74) is 0. The molecule has 0 saturated carbocycles. The molecule has 0 bridgehead atoms. The van der Waals surface area contributed by atoms with Crippen molar-refractivity contribution < 1.29 is 23.5 Å². The van der Waals surface area contributed by atoms with Crippen molar-refractivity contribution in [1.29, 1.82) is 0 Å². The van der Waals surface area contributed by atoms with Crippen molar-refractivity contribution in [3.05, 3.63) is 12.2 Å². The topological polar surface area (TPSA) is 52.6 Å². The maximum Gasteiger partial charge on any atom is 0.362 e. The van der Waals surface area contributed by atoms with Crippen LogP contribution < -0.4 is 0 Å². The van der Waals surface area contributed by atoms with E-state index in [0.29, 0.717) is 17.6 Å². The van der Waals surface area contributed by atoms with Crippen LogP contribution in [-0.2, 0) is 19.1 Å². The molecular weight excluding hydrogens is 354 g/mol. The normalized spacial score (nSPS) is 12.9. The molecule has 1 atom stereocenters. The molecule has 28 heavy (non-hydrogen) atoms. The van der Waals surface area contributed by atoms with Crippen LogP contribution in [0.2, 0.25) is 0 Å². The average molecular weight is 399 g/mol. The van der Waals surface area contributed by atoms with Crippen LogP contribution in [-0.4, -0.2) is 56.3 Å². The second kappa shape index (κ2) is 16.6. The molecule has 0 fully saturated rings. The summed E-state index contributed by atoms with van der Waals surface area (Å²) in [6.07, 6.45) is 15.6. The summed E-state index contributed by atoms with van der Waals surface area (Å²) in [5, 5.41) is 0. The molecule has 0 aromatic heterocycles. The van der Waals surface area contributed by atoms with E-state index in [1.807, 2.05) is 14.1 Å². The van der Waals surface area contributed by atoms with E-state index in [4.69, 9.17) is 9.47 Å². The average Bonchev–Trinajstić information content (AvgIpc) is 2.60. The first-order chi connectivity index (χ1) is 13.3. The predicted molar refractivity (Wildman–Crippen MR) is 115 cm³/mol. The van der Waals surface area contributed by atoms with Gasteiger partial charge in [0.2, 0.25) is 0 Å². The van der Waals surface area contributed by atoms with Gasteiger partial charge in [-0.05, 0) is 25.7 Å². The number of ether oxygens (including phenoxy) is 2. The van der Waals surface area contributed by atoms with Crippen LogP contribution in [0.15, 0.2) is 12.2 Å². The Morgan fingerprint density at radius 2 is 1.64 bits per heavy atom. The molecule has 0 aliphatic rings. The van der Waals surface area contributed by atoms with Gasteiger partial charge in [0.25, 0.3) is 0 Å². The van der Waals surface area contributed by atoms with Gasteiger partial charge in [-0.15, -0.1) is 0 Å². The third-order valence-corrected chi connectivity index (χ3v) is 4.78. The first kappa shape index (κ1) is 26.6. The second-order valence-electron chi connectivity index (χ2n) is 8.32. The van der Waals surface area contributed by atoms with E-state index in [1.54, 1.807) is 0 Å². The maximum atomic E-state index is 12.5. The molecule has 5 heteroatoms. The third kappa shape index (κ3) is 16.8. The molecule has 0 aliphatic carbocycles. The minimum atomic E-state index is -0.291. The van der Waals surface area contributed by atoms with E-state index in [0.717, 1.165) is 25.7 Å². The summed E-state index contributed by atoms with van der Waals surface area (Å²) in [5.74, 6) is -0.465. The van der Waals surface area contributed by atoms with Crippen LogP contribution in [0.25, 0.3) is 0 Å². The Kier molecular flexibility index (Phi) is 15.8. The zero-order valence-electron chi connectivity index (χ0n) is 19.0. The fourth-order valence-corrected chi connectivity index (χ4v) is 2.99. The van der Waals surface area contributed by atoms with Crippen LogP contribution >= 0.6 is 0 Å². The minimum Gasteiger partial charge on any atom is -0.460 e. The molecule has 5 nitrogen and oxygen atoms in total. The van der Waals surface area contributed by atoms with Gasteiger partial charge in [0.05, 0.1) is 14.1 Å². The highest BCUT2D eigenvalue weighted by Crippen LogP contribution is 2.14. The second-order valence-corrected chi connectivity index (χ2v) is 8.32. The van der Waals surface area contributed by atoms with Crippen LogP contribution in [0, 0.1) is 0 Å². The highest BCUT2D eigenvalue weighted by molar-refractivity contribution is 5.70. The molecule has 0 heterocycles. The number of allylic oxidation sites excluding steroid dienone is 1. The first-order valence-electron chi connectivity index (χ1n) is 11.1. The summed E-state index contributed by atoms with van der Waals surface area (Å²) < 4.78 is 11.2. The Morgan fingerprint density at radius 3 is 2.29 bits per heavy atom. The number of quaternary nitrogens is 1. The number of carbonyl (C=O) groups is 2. The highest BCUT2D eigenvalue weighted by atomic mass is 16.5. The fraction of sp³-hybridized carbons (Fsp3) is 0.826. The van der Waals surface area contributed by atoms with Crippen molar-refractivity contribution >= 4 is 11.9 Å². The lowest BCUT2D eigenvalue weighted by atomic mass is 10.1. The smallest absolute Gasteiger partial charge is 0.362 e. The van der Waals surface area contributed by atoms with Crippen molar-refractivity contribution in [2.75, 3.05) is 33.8 Å². The van der Waals surface area contributed by atoms with Crippen LogP contribution in [0.3, 0.4) is 0 Å². The first-order valence-corrected chi connectivity index (χ1v) is 11.1. The van der Waals surface area contributed by atoms with Gasteiger partial charge in [0, 0.05) is 13.3 Å². The standard InChI is InChI=1S/C23H44NO4/c1-6-8-10-12-13-15-17-22(16-14-11-9-7-2)28-23(26)20-24(4,5)18-19-27-21(3)25/h13,15,22H,6-12,14,16-20H2,1-5H3/q+1/b15-13-/t22-/m1/s1. The lowest BCUT2D eigenvalue weighted by molar-refractivity contribution is -0.883. The Bertz CT molecular complexity index is 446. The Morgan fingerprint density at radius 1 is 0.964 bits per heavy atom. The number of esters is 2. The van der Waals surface area contributed by atoms with Gasteiger partial charge in [-0.3, -0.25) is 4.79 Å². The number of carbonyl (C=O) groups excluding carboxylic acids is 2. The summed E-state index contributed by atoms with van der Waals surface area (Å²) in [7, 11) is 3.91. The van der Waals surface area contributed by atoms with Crippen LogP contribution in [0.5, 0.6) is 0 Å². The molecule has 0 unspecified atom stereocenters. The molecule has 164 valence electrons. The van der Waals surface area contributed by atoms with Crippen molar-refractivity contribution in [1.82, 2.24) is 0 Å². The molecule has 0 saturated heterocycles. The molecular formula is C23H44NO4+. The number of hydrogen-bond acceptors (Lipinski definition) is 4. The highest BCUT2D eigenvalue weighted by Gasteiger charge is 2.23. The van der Waals surface area contributed by atoms with E-state index in [1.165, 1.54) is 45.4 Å². The van der Waals surface area contributed by atoms with E-state index in [-0.39, 0.29) is 24.6 Å². The van der Waals surface area contributed by atoms with E-state index < -0.39 is 0 Å². The molecule has 0 amide bonds. The number of rotatable bonds is 17. The van der Waals surface area contributed by atoms with Gasteiger partial charge in [0.15, 0.2) is 6.54 Å². The van der Waals surface area contributed by atoms with Gasteiger partial charge < -0.3 is 14.0 Å². The van der Waals surface area contributed by atoms with E-state index in [9.17, 15) is 9.59 Å². The van der Waals surface area contributed by atoms with E-state index in [2.05, 4.69) is 26.0 Å². The lowest BCUT2D eigenvalue weighted by Crippen LogP contribution is -2.47. The summed E-state index contributed by atoms with van der Waals surface area (Å²) in [4.78, 5) is 23.4. The Balaban J connectivity index is 4.46. The van der Waals surface area contributed by atoms with Gasteiger partial charge in [-0.1, -0.05) is 58.1 Å². The Labute approximate surface area is 173 Å². The molecule has 0 spiro atoms. The number of hydrogen-bond donors (Lipinski definition) is 0. The lowest BCUT2D eigenvalue weighted by Gasteiger charge is -2.29. The fourth-order valence-electron chi connectivity index (χ4n) is 2.99. The van der Waals surface area contributed by atoms with E-state index >= 15 is 0 Å². The molecule has 0 aromatic carbocycles. The number of nitrogens with zero attached hydrogens (tertiary/aromatic N) is 1. The molecule has 0 radical (unpaired) electrons.